The summed E-state index contributed by atoms with van der Waals surface area (Å²) in [5.74, 6) is -2.51. The van der Waals surface area contributed by atoms with Gasteiger partial charge in [-0.1, -0.05) is 13.3 Å². The summed E-state index contributed by atoms with van der Waals surface area (Å²) in [6, 6.07) is -0.829. The van der Waals surface area contributed by atoms with E-state index in [1.54, 1.807) is 0 Å². The lowest BCUT2D eigenvalue weighted by molar-refractivity contribution is -0.118. The first-order valence-corrected chi connectivity index (χ1v) is 8.19. The van der Waals surface area contributed by atoms with Crippen molar-refractivity contribution in [2.75, 3.05) is 11.9 Å². The van der Waals surface area contributed by atoms with E-state index in [9.17, 15) is 13.6 Å². The summed E-state index contributed by atoms with van der Waals surface area (Å²) in [4.78, 5) is 17.7. The van der Waals surface area contributed by atoms with E-state index in [0.29, 0.717) is 11.0 Å². The van der Waals surface area contributed by atoms with Crippen molar-refractivity contribution >= 4 is 34.8 Å². The van der Waals surface area contributed by atoms with Crippen molar-refractivity contribution in [3.63, 3.8) is 0 Å². The maximum Gasteiger partial charge on any atom is 0.262 e. The molecule has 1 aromatic heterocycles. The topological polar surface area (TPSA) is 54.0 Å². The van der Waals surface area contributed by atoms with Crippen LogP contribution in [-0.4, -0.2) is 29.4 Å². The van der Waals surface area contributed by atoms with E-state index >= 15 is 0 Å². The van der Waals surface area contributed by atoms with Crippen LogP contribution in [0, 0.1) is 5.92 Å². The standard InChI is InChI=1S/C14H19F2N3OS.ClH/c1-2-8-3-4-9-11(5-8)21-13(18-9)19-12(20)10-6-14(15,16)7-17-10;/h8,10,17H,2-7H2,1H3,(H,18,19,20);1H. The van der Waals surface area contributed by atoms with Gasteiger partial charge in [-0.2, -0.15) is 0 Å². The summed E-state index contributed by atoms with van der Waals surface area (Å²) < 4.78 is 26.2. The number of alkyl halides is 2. The van der Waals surface area contributed by atoms with Gasteiger partial charge in [0.05, 0.1) is 18.3 Å². The number of anilines is 1. The second-order valence-electron chi connectivity index (χ2n) is 5.89. The molecule has 22 heavy (non-hydrogen) atoms. The molecule has 2 aliphatic rings. The lowest BCUT2D eigenvalue weighted by Gasteiger charge is -2.18. The monoisotopic (exact) mass is 351 g/mol. The Morgan fingerprint density at radius 3 is 2.95 bits per heavy atom. The molecule has 2 heterocycles. The molecule has 2 unspecified atom stereocenters. The van der Waals surface area contributed by atoms with Crippen molar-refractivity contribution in [1.82, 2.24) is 10.3 Å². The smallest absolute Gasteiger partial charge is 0.262 e. The Balaban J connectivity index is 0.00000176. The van der Waals surface area contributed by atoms with E-state index in [0.717, 1.165) is 31.4 Å². The van der Waals surface area contributed by atoms with Gasteiger partial charge in [0.1, 0.15) is 0 Å². The Labute approximate surface area is 138 Å². The van der Waals surface area contributed by atoms with E-state index in [4.69, 9.17) is 0 Å². The third kappa shape index (κ3) is 3.75. The van der Waals surface area contributed by atoms with Gasteiger partial charge in [-0.05, 0) is 25.2 Å². The van der Waals surface area contributed by atoms with Crippen LogP contribution in [0.2, 0.25) is 0 Å². The molecule has 0 radical (unpaired) electrons. The summed E-state index contributed by atoms with van der Waals surface area (Å²) in [5, 5.41) is 5.78. The largest absolute Gasteiger partial charge is 0.301 e. The van der Waals surface area contributed by atoms with Crippen molar-refractivity contribution in [3.05, 3.63) is 10.6 Å². The van der Waals surface area contributed by atoms with E-state index in [1.807, 2.05) is 0 Å². The van der Waals surface area contributed by atoms with E-state index in [-0.39, 0.29) is 12.4 Å². The maximum absolute atomic E-state index is 13.1. The number of aromatic nitrogens is 1. The van der Waals surface area contributed by atoms with Gasteiger partial charge in [0.15, 0.2) is 5.13 Å². The van der Waals surface area contributed by atoms with Crippen LogP contribution in [0.5, 0.6) is 0 Å². The molecule has 1 aromatic rings. The van der Waals surface area contributed by atoms with Gasteiger partial charge >= 0.3 is 0 Å². The normalized spacial score (nSPS) is 26.1. The molecule has 0 spiro atoms. The molecule has 0 saturated carbocycles. The van der Waals surface area contributed by atoms with Crippen molar-refractivity contribution in [1.29, 1.82) is 0 Å². The van der Waals surface area contributed by atoms with Crippen molar-refractivity contribution in [3.8, 4) is 0 Å². The lowest BCUT2D eigenvalue weighted by Crippen LogP contribution is -2.35. The van der Waals surface area contributed by atoms with Crippen LogP contribution in [0.15, 0.2) is 0 Å². The SMILES string of the molecule is CCC1CCc2nc(NC(=O)C3CC(F)(F)CN3)sc2C1.Cl. The number of fused-ring (bicyclic) bond motifs is 1. The minimum absolute atomic E-state index is 0. The van der Waals surface area contributed by atoms with Crippen molar-refractivity contribution in [2.45, 2.75) is 51.0 Å². The van der Waals surface area contributed by atoms with Crippen LogP contribution in [0.4, 0.5) is 13.9 Å². The summed E-state index contributed by atoms with van der Waals surface area (Å²) in [6.45, 7) is 1.75. The van der Waals surface area contributed by atoms with Gasteiger partial charge in [-0.25, -0.2) is 13.8 Å². The maximum atomic E-state index is 13.1. The molecule has 1 fully saturated rings. The highest BCUT2D eigenvalue weighted by atomic mass is 35.5. The first kappa shape index (κ1) is 17.6. The Morgan fingerprint density at radius 2 is 2.32 bits per heavy atom. The van der Waals surface area contributed by atoms with E-state index in [2.05, 4.69) is 22.5 Å². The third-order valence-electron chi connectivity index (χ3n) is 4.28. The number of thiazole rings is 1. The van der Waals surface area contributed by atoms with Crippen LogP contribution >= 0.6 is 23.7 Å². The summed E-state index contributed by atoms with van der Waals surface area (Å²) >= 11 is 1.48. The second kappa shape index (κ2) is 6.76. The third-order valence-corrected chi connectivity index (χ3v) is 5.31. The number of hydrogen-bond donors (Lipinski definition) is 2. The Hall–Kier alpha value is -0.790. The minimum Gasteiger partial charge on any atom is -0.301 e. The van der Waals surface area contributed by atoms with Gasteiger partial charge in [0, 0.05) is 11.3 Å². The molecule has 0 aromatic carbocycles. The Morgan fingerprint density at radius 1 is 1.55 bits per heavy atom. The lowest BCUT2D eigenvalue weighted by atomic mass is 9.89. The minimum atomic E-state index is -2.79. The number of halogens is 3. The average molecular weight is 352 g/mol. The van der Waals surface area contributed by atoms with Crippen LogP contribution in [-0.2, 0) is 17.6 Å². The Kier molecular flexibility index (Phi) is 5.40. The molecule has 1 saturated heterocycles. The van der Waals surface area contributed by atoms with Gasteiger partial charge < -0.3 is 5.32 Å². The number of carbonyl (C=O) groups is 1. The van der Waals surface area contributed by atoms with Gasteiger partial charge in [-0.15, -0.1) is 23.7 Å². The zero-order valence-electron chi connectivity index (χ0n) is 12.3. The van der Waals surface area contributed by atoms with Crippen molar-refractivity contribution in [2.24, 2.45) is 5.92 Å². The summed E-state index contributed by atoms with van der Waals surface area (Å²) in [5.41, 5.74) is 1.06. The van der Waals surface area contributed by atoms with Gasteiger partial charge in [0.2, 0.25) is 5.91 Å². The molecule has 3 rings (SSSR count). The molecule has 1 aliphatic heterocycles. The van der Waals surface area contributed by atoms with Crippen LogP contribution in [0.1, 0.15) is 36.8 Å². The highest BCUT2D eigenvalue weighted by Crippen LogP contribution is 2.34. The fraction of sp³-hybridized carbons (Fsp3) is 0.714. The average Bonchev–Trinajstić information content (AvgIpc) is 3.00. The predicted octanol–water partition coefficient (Wildman–Crippen LogP) is 3.02. The number of amides is 1. The molecule has 2 N–H and O–H groups in total. The first-order valence-electron chi connectivity index (χ1n) is 7.37. The zero-order chi connectivity index (χ0) is 15.0. The molecular weight excluding hydrogens is 332 g/mol. The molecule has 124 valence electrons. The first-order chi connectivity index (χ1) is 9.97. The summed E-state index contributed by atoms with van der Waals surface area (Å²) in [7, 11) is 0. The molecule has 1 aliphatic carbocycles. The van der Waals surface area contributed by atoms with Crippen LogP contribution in [0.3, 0.4) is 0 Å². The Bertz CT molecular complexity index is 552. The number of hydrogen-bond acceptors (Lipinski definition) is 4. The van der Waals surface area contributed by atoms with Gasteiger partial charge in [-0.3, -0.25) is 10.1 Å². The molecule has 1 amide bonds. The highest BCUT2D eigenvalue weighted by Gasteiger charge is 2.42. The van der Waals surface area contributed by atoms with E-state index < -0.39 is 30.8 Å². The van der Waals surface area contributed by atoms with Gasteiger partial charge in [0.25, 0.3) is 5.92 Å². The summed E-state index contributed by atoms with van der Waals surface area (Å²) in [6.07, 6.45) is 3.80. The van der Waals surface area contributed by atoms with E-state index in [1.165, 1.54) is 16.2 Å². The number of nitrogens with one attached hydrogen (secondary N) is 2. The molecular formula is C14H20ClF2N3OS. The fourth-order valence-electron chi connectivity index (χ4n) is 2.94. The molecule has 2 atom stereocenters. The second-order valence-corrected chi connectivity index (χ2v) is 6.97. The zero-order valence-corrected chi connectivity index (χ0v) is 14.0. The molecule has 8 heteroatoms. The van der Waals surface area contributed by atoms with Crippen LogP contribution in [0.25, 0.3) is 0 Å². The number of carbonyl (C=O) groups excluding carboxylic acids is 1. The quantitative estimate of drug-likeness (QED) is 0.880. The number of aryl methyl sites for hydroxylation is 1. The number of nitrogens with zero attached hydrogens (tertiary/aromatic N) is 1. The molecule has 0 bridgehead atoms. The predicted molar refractivity (Wildman–Crippen MR) is 85.2 cm³/mol. The van der Waals surface area contributed by atoms with Crippen molar-refractivity contribution < 1.29 is 13.6 Å². The molecule has 4 nitrogen and oxygen atoms in total. The highest BCUT2D eigenvalue weighted by molar-refractivity contribution is 7.15. The fourth-order valence-corrected chi connectivity index (χ4v) is 4.06. The van der Waals surface area contributed by atoms with Crippen LogP contribution < -0.4 is 10.6 Å². The number of rotatable bonds is 3.